The number of nitrogens with two attached hydrogens (primary N) is 1. The van der Waals surface area contributed by atoms with Gasteiger partial charge in [-0.3, -0.25) is 14.6 Å². The summed E-state index contributed by atoms with van der Waals surface area (Å²) in [7, 11) is 3.27. The summed E-state index contributed by atoms with van der Waals surface area (Å²) < 4.78 is 5.22. The van der Waals surface area contributed by atoms with Crippen LogP contribution in [-0.2, 0) is 11.2 Å². The van der Waals surface area contributed by atoms with Crippen LogP contribution in [0, 0.1) is 5.41 Å². The number of piperidine rings is 1. The third-order valence-corrected chi connectivity index (χ3v) is 5.89. The van der Waals surface area contributed by atoms with Crippen LogP contribution in [0.4, 0.5) is 0 Å². The Morgan fingerprint density at radius 3 is 2.78 bits per heavy atom. The molecule has 32 heavy (non-hydrogen) atoms. The summed E-state index contributed by atoms with van der Waals surface area (Å²) in [6, 6.07) is 6.44. The van der Waals surface area contributed by atoms with Gasteiger partial charge < -0.3 is 26.1 Å². The Balaban J connectivity index is 1.91. The van der Waals surface area contributed by atoms with E-state index in [2.05, 4.69) is 10.3 Å². The molecule has 2 amide bonds. The number of pyridine rings is 1. The molecule has 1 saturated heterocycles. The normalized spacial score (nSPS) is 17.7. The average molecular weight is 456 g/mol. The summed E-state index contributed by atoms with van der Waals surface area (Å²) in [4.78, 5) is 30.3. The van der Waals surface area contributed by atoms with Crippen LogP contribution in [0.3, 0.4) is 0 Å². The van der Waals surface area contributed by atoms with Gasteiger partial charge in [0, 0.05) is 42.8 Å². The number of rotatable bonds is 6. The highest BCUT2D eigenvalue weighted by atomic mass is 35.5. The lowest BCUT2D eigenvalue weighted by Gasteiger charge is -2.36. The van der Waals surface area contributed by atoms with Crippen LogP contribution in [0.5, 0.6) is 5.75 Å². The molecule has 1 aromatic carbocycles. The number of carbonyl (C=O) groups is 2. The van der Waals surface area contributed by atoms with Crippen molar-refractivity contribution >= 4 is 34.8 Å². The molecule has 1 atom stereocenters. The minimum absolute atomic E-state index is 0.0879. The second-order valence-corrected chi connectivity index (χ2v) is 7.87. The van der Waals surface area contributed by atoms with Crippen molar-refractivity contribution in [2.45, 2.75) is 25.8 Å². The van der Waals surface area contributed by atoms with E-state index in [9.17, 15) is 9.59 Å². The smallest absolute Gasteiger partial charge is 0.256 e. The number of halogens is 1. The highest BCUT2D eigenvalue weighted by Gasteiger charge is 2.33. The second kappa shape index (κ2) is 9.82. The van der Waals surface area contributed by atoms with Crippen LogP contribution in [-0.4, -0.2) is 54.2 Å². The molecule has 0 saturated carbocycles. The number of nitrogens with one attached hydrogen (secondary N) is 2. The number of nitrogens with zero attached hydrogens (tertiary/aromatic N) is 2. The summed E-state index contributed by atoms with van der Waals surface area (Å²) >= 11 is 6.35. The van der Waals surface area contributed by atoms with Gasteiger partial charge in [0.05, 0.1) is 35.9 Å². The Hall–Kier alpha value is -3.39. The monoisotopic (exact) mass is 455 g/mol. The molecular weight excluding hydrogens is 430 g/mol. The highest BCUT2D eigenvalue weighted by molar-refractivity contribution is 6.35. The van der Waals surface area contributed by atoms with E-state index in [4.69, 9.17) is 27.5 Å². The maximum atomic E-state index is 13.2. The molecule has 0 aliphatic carbocycles. The molecule has 3 rings (SSSR count). The van der Waals surface area contributed by atoms with Crippen molar-refractivity contribution in [3.05, 3.63) is 63.9 Å². The lowest BCUT2D eigenvalue weighted by atomic mass is 9.90. The summed E-state index contributed by atoms with van der Waals surface area (Å²) in [5.74, 6) is -0.257. The number of hydrogen-bond acceptors (Lipinski definition) is 6. The predicted octanol–water partition coefficient (Wildman–Crippen LogP) is 2.66. The van der Waals surface area contributed by atoms with Crippen LogP contribution < -0.4 is 15.8 Å². The van der Waals surface area contributed by atoms with E-state index in [0.717, 1.165) is 16.8 Å². The van der Waals surface area contributed by atoms with Gasteiger partial charge in [0.1, 0.15) is 5.75 Å². The minimum Gasteiger partial charge on any atom is -0.495 e. The lowest BCUT2D eigenvalue weighted by molar-refractivity contribution is -0.117. The van der Waals surface area contributed by atoms with Crippen LogP contribution >= 0.6 is 11.6 Å². The zero-order valence-electron chi connectivity index (χ0n) is 18.2. The number of amides is 2. The van der Waals surface area contributed by atoms with Gasteiger partial charge in [-0.2, -0.15) is 0 Å². The van der Waals surface area contributed by atoms with Crippen LogP contribution in [0.15, 0.2) is 42.2 Å². The Labute approximate surface area is 191 Å². The zero-order valence-corrected chi connectivity index (χ0v) is 19.0. The van der Waals surface area contributed by atoms with Crippen molar-refractivity contribution in [3.63, 3.8) is 0 Å². The number of aromatic nitrogens is 1. The minimum atomic E-state index is -0.460. The molecule has 1 aliphatic heterocycles. The predicted molar refractivity (Wildman–Crippen MR) is 124 cm³/mol. The van der Waals surface area contributed by atoms with Gasteiger partial charge in [0.15, 0.2) is 0 Å². The van der Waals surface area contributed by atoms with Crippen molar-refractivity contribution in [3.8, 4) is 5.75 Å². The standard InChI is InChI=1S/C23H26ClN5O3/c1-13-21(26)17(22(27-2)15-9-14(10-19(25)30)11-28-12-15)7-8-29(13)23(31)16-5-4-6-18(32-3)20(16)24/h4-6,9,11-13,26-27H,7-8,10H2,1-3H3,(H2,25,30)/b22-17-,26-21?/t13-/m0/s1. The molecule has 168 valence electrons. The van der Waals surface area contributed by atoms with E-state index >= 15 is 0 Å². The first-order valence-electron chi connectivity index (χ1n) is 10.1. The van der Waals surface area contributed by atoms with Crippen molar-refractivity contribution in [2.24, 2.45) is 5.73 Å². The quantitative estimate of drug-likeness (QED) is 0.618. The lowest BCUT2D eigenvalue weighted by Crippen LogP contribution is -2.48. The molecule has 0 spiro atoms. The molecule has 9 heteroatoms. The molecule has 1 aromatic heterocycles. The number of carbonyl (C=O) groups excluding carboxylic acids is 2. The van der Waals surface area contributed by atoms with E-state index in [0.29, 0.717) is 35.6 Å². The van der Waals surface area contributed by atoms with E-state index in [1.807, 2.05) is 13.0 Å². The Kier molecular flexibility index (Phi) is 7.15. The number of primary amides is 1. The molecule has 0 bridgehead atoms. The number of hydrogen-bond donors (Lipinski definition) is 3. The average Bonchev–Trinajstić information content (AvgIpc) is 2.77. The Morgan fingerprint density at radius 1 is 1.38 bits per heavy atom. The molecule has 2 aromatic rings. The Bertz CT molecular complexity index is 1100. The first-order valence-corrected chi connectivity index (χ1v) is 10.5. The number of ether oxygens (including phenoxy) is 1. The zero-order chi connectivity index (χ0) is 23.4. The van der Waals surface area contributed by atoms with Crippen molar-refractivity contribution < 1.29 is 14.3 Å². The molecule has 2 heterocycles. The molecule has 8 nitrogen and oxygen atoms in total. The molecule has 1 aliphatic rings. The molecule has 4 N–H and O–H groups in total. The number of benzene rings is 1. The van der Waals surface area contributed by atoms with E-state index in [1.54, 1.807) is 42.5 Å². The highest BCUT2D eigenvalue weighted by Crippen LogP contribution is 2.32. The van der Waals surface area contributed by atoms with Crippen LogP contribution in [0.25, 0.3) is 5.70 Å². The molecule has 1 fully saturated rings. The molecular formula is C23H26ClN5O3. The third kappa shape index (κ3) is 4.60. The van der Waals surface area contributed by atoms with Gasteiger partial charge in [-0.15, -0.1) is 0 Å². The van der Waals surface area contributed by atoms with Crippen LogP contribution in [0.1, 0.15) is 34.8 Å². The first kappa shape index (κ1) is 23.3. The van der Waals surface area contributed by atoms with E-state index in [-0.39, 0.29) is 17.4 Å². The van der Waals surface area contributed by atoms with Crippen molar-refractivity contribution in [1.82, 2.24) is 15.2 Å². The largest absolute Gasteiger partial charge is 0.495 e. The van der Waals surface area contributed by atoms with E-state index in [1.165, 1.54) is 7.11 Å². The van der Waals surface area contributed by atoms with Gasteiger partial charge in [-0.05, 0) is 37.1 Å². The van der Waals surface area contributed by atoms with Crippen LogP contribution in [0.2, 0.25) is 5.02 Å². The summed E-state index contributed by atoms with van der Waals surface area (Å²) in [5, 5.41) is 12.2. The Morgan fingerprint density at radius 2 is 2.12 bits per heavy atom. The first-order chi connectivity index (χ1) is 15.3. The number of likely N-dealkylation sites (tertiary alicyclic amines) is 1. The van der Waals surface area contributed by atoms with Gasteiger partial charge in [-0.1, -0.05) is 17.7 Å². The van der Waals surface area contributed by atoms with E-state index < -0.39 is 11.9 Å². The maximum Gasteiger partial charge on any atom is 0.256 e. The second-order valence-electron chi connectivity index (χ2n) is 7.49. The summed E-state index contributed by atoms with van der Waals surface area (Å²) in [6.45, 7) is 2.24. The van der Waals surface area contributed by atoms with Gasteiger partial charge in [0.2, 0.25) is 5.91 Å². The maximum absolute atomic E-state index is 13.2. The topological polar surface area (TPSA) is 121 Å². The van der Waals surface area contributed by atoms with Gasteiger partial charge in [-0.25, -0.2) is 0 Å². The van der Waals surface area contributed by atoms with Gasteiger partial charge >= 0.3 is 0 Å². The number of methoxy groups -OCH3 is 1. The van der Waals surface area contributed by atoms with Crippen molar-refractivity contribution in [2.75, 3.05) is 20.7 Å². The van der Waals surface area contributed by atoms with Crippen molar-refractivity contribution in [1.29, 1.82) is 5.41 Å². The summed E-state index contributed by atoms with van der Waals surface area (Å²) in [6.07, 6.45) is 3.84. The fourth-order valence-corrected chi connectivity index (χ4v) is 4.17. The SMILES string of the molecule is CN/C(=C1/CCN(C(=O)c2cccc(OC)c2Cl)[C@@H](C)C1=N)c1cncc(CC(N)=O)c1. The fourth-order valence-electron chi connectivity index (χ4n) is 3.89. The third-order valence-electron chi connectivity index (χ3n) is 5.50. The summed E-state index contributed by atoms with van der Waals surface area (Å²) in [5.41, 5.74) is 8.96. The molecule has 0 radical (unpaired) electrons. The van der Waals surface area contributed by atoms with Gasteiger partial charge in [0.25, 0.3) is 5.91 Å². The molecule has 0 unspecified atom stereocenters. The fraction of sp³-hybridized carbons (Fsp3) is 0.304.